The van der Waals surface area contributed by atoms with E-state index in [1.807, 2.05) is 0 Å². The first-order valence-corrected chi connectivity index (χ1v) is 4.04. The zero-order valence-corrected chi connectivity index (χ0v) is 7.93. The molecule has 0 aliphatic heterocycles. The van der Waals surface area contributed by atoms with Crippen molar-refractivity contribution in [3.8, 4) is 0 Å². The van der Waals surface area contributed by atoms with Crippen LogP contribution < -0.4 is 0 Å². The van der Waals surface area contributed by atoms with Crippen molar-refractivity contribution in [3.05, 3.63) is 41.3 Å². The van der Waals surface area contributed by atoms with Crippen LogP contribution in [0.4, 0.5) is 0 Å². The number of carboxylic acid groups (broad SMARTS) is 3. The molecule has 1 radical (unpaired) electrons. The summed E-state index contributed by atoms with van der Waals surface area (Å²) in [6.45, 7) is 3.39. The molecule has 0 aliphatic rings. The predicted molar refractivity (Wildman–Crippen MR) is 51.8 cm³/mol. The fraction of sp³-hybridized carbons (Fsp3) is 0. The van der Waals surface area contributed by atoms with Crippen LogP contribution >= 0.6 is 0 Å². The molecule has 0 spiro atoms. The van der Waals surface area contributed by atoms with E-state index >= 15 is 0 Å². The van der Waals surface area contributed by atoms with E-state index in [1.165, 1.54) is 0 Å². The fourth-order valence-electron chi connectivity index (χ4n) is 1.27. The van der Waals surface area contributed by atoms with Gasteiger partial charge in [-0.25, -0.2) is 14.4 Å². The third-order valence-corrected chi connectivity index (χ3v) is 1.87. The predicted octanol–water partition coefficient (Wildman–Crippen LogP) is 0.963. The molecule has 0 atom stereocenters. The summed E-state index contributed by atoms with van der Waals surface area (Å²) in [7, 11) is 0. The Morgan fingerprint density at radius 2 is 1.25 bits per heavy atom. The number of benzene rings is 1. The minimum Gasteiger partial charge on any atom is -0.478 e. The lowest BCUT2D eigenvalue weighted by atomic mass is 9.98. The average molecular weight is 223 g/mol. The van der Waals surface area contributed by atoms with Crippen molar-refractivity contribution in [2.75, 3.05) is 0 Å². The van der Waals surface area contributed by atoms with Gasteiger partial charge in [-0.05, 0) is 24.6 Å². The number of hydrogen-bond donors (Lipinski definition) is 3. The molecule has 83 valence electrons. The van der Waals surface area contributed by atoms with Gasteiger partial charge in [-0.3, -0.25) is 0 Å². The first-order valence-electron chi connectivity index (χ1n) is 4.04. The molecule has 6 heteroatoms. The Morgan fingerprint density at radius 1 is 0.875 bits per heavy atom. The second-order valence-electron chi connectivity index (χ2n) is 2.98. The number of carbonyl (C=O) groups is 3. The molecule has 0 aromatic heterocycles. The van der Waals surface area contributed by atoms with Crippen LogP contribution in [0, 0.1) is 6.92 Å². The normalized spacial score (nSPS) is 9.81. The van der Waals surface area contributed by atoms with Gasteiger partial charge in [0.15, 0.2) is 0 Å². The number of rotatable bonds is 3. The molecule has 0 unspecified atom stereocenters. The lowest BCUT2D eigenvalue weighted by Crippen LogP contribution is -2.15. The molecule has 0 fully saturated rings. The molecule has 0 amide bonds. The molecule has 0 heterocycles. The van der Waals surface area contributed by atoms with Gasteiger partial charge in [-0.2, -0.15) is 0 Å². The van der Waals surface area contributed by atoms with Crippen molar-refractivity contribution >= 4 is 17.9 Å². The standard InChI is InChI=1S/C10H7O6/c1-4-2-5(8(11)12)7(10(15)16)6(3-4)9(13)14/h2-3H,1H2,(H,11,12)(H,13,14)(H,15,16). The van der Waals surface area contributed by atoms with Crippen LogP contribution in [-0.4, -0.2) is 33.2 Å². The highest BCUT2D eigenvalue weighted by atomic mass is 16.4. The van der Waals surface area contributed by atoms with Gasteiger partial charge in [0.1, 0.15) is 0 Å². The highest BCUT2D eigenvalue weighted by Crippen LogP contribution is 2.18. The van der Waals surface area contributed by atoms with Crippen LogP contribution in [0.3, 0.4) is 0 Å². The smallest absolute Gasteiger partial charge is 0.337 e. The first kappa shape index (κ1) is 11.7. The van der Waals surface area contributed by atoms with Gasteiger partial charge >= 0.3 is 17.9 Å². The summed E-state index contributed by atoms with van der Waals surface area (Å²) in [5, 5.41) is 26.3. The minimum atomic E-state index is -1.60. The van der Waals surface area contributed by atoms with Crippen LogP contribution in [0.25, 0.3) is 0 Å². The molecule has 3 N–H and O–H groups in total. The van der Waals surface area contributed by atoms with Crippen LogP contribution in [-0.2, 0) is 0 Å². The fourth-order valence-corrected chi connectivity index (χ4v) is 1.27. The molecular formula is C10H7O6. The molecule has 0 aliphatic carbocycles. The summed E-state index contributed by atoms with van der Waals surface area (Å²) in [4.78, 5) is 32.4. The molecule has 1 aromatic rings. The van der Waals surface area contributed by atoms with Gasteiger partial charge in [0.2, 0.25) is 0 Å². The summed E-state index contributed by atoms with van der Waals surface area (Å²) in [6.07, 6.45) is 0. The maximum absolute atomic E-state index is 10.8. The summed E-state index contributed by atoms with van der Waals surface area (Å²) in [5.41, 5.74) is -1.79. The minimum absolute atomic E-state index is 0.125. The van der Waals surface area contributed by atoms with E-state index in [1.54, 1.807) is 0 Å². The quantitative estimate of drug-likeness (QED) is 0.703. The summed E-state index contributed by atoms with van der Waals surface area (Å²) in [5.74, 6) is -4.62. The summed E-state index contributed by atoms with van der Waals surface area (Å²) in [6, 6.07) is 2.02. The molecule has 0 saturated heterocycles. The van der Waals surface area contributed by atoms with E-state index in [0.29, 0.717) is 0 Å². The van der Waals surface area contributed by atoms with Gasteiger partial charge in [-0.15, -0.1) is 0 Å². The van der Waals surface area contributed by atoms with Gasteiger partial charge < -0.3 is 15.3 Å². The zero-order chi connectivity index (χ0) is 12.5. The Labute approximate surface area is 89.8 Å². The Bertz CT molecular complexity index is 453. The van der Waals surface area contributed by atoms with Gasteiger partial charge in [0.05, 0.1) is 16.7 Å². The molecule has 1 aromatic carbocycles. The summed E-state index contributed by atoms with van der Waals surface area (Å²) < 4.78 is 0. The Hall–Kier alpha value is -2.37. The Balaban J connectivity index is 3.67. The molecule has 0 bridgehead atoms. The van der Waals surface area contributed by atoms with Gasteiger partial charge in [-0.1, -0.05) is 0 Å². The summed E-state index contributed by atoms with van der Waals surface area (Å²) >= 11 is 0. The van der Waals surface area contributed by atoms with Crippen molar-refractivity contribution in [1.29, 1.82) is 0 Å². The van der Waals surface area contributed by atoms with Gasteiger partial charge in [0.25, 0.3) is 0 Å². The van der Waals surface area contributed by atoms with E-state index in [2.05, 4.69) is 6.92 Å². The van der Waals surface area contributed by atoms with E-state index < -0.39 is 34.6 Å². The Morgan fingerprint density at radius 3 is 1.50 bits per heavy atom. The lowest BCUT2D eigenvalue weighted by Gasteiger charge is -2.07. The van der Waals surface area contributed by atoms with Crippen LogP contribution in [0.5, 0.6) is 0 Å². The number of carboxylic acids is 3. The van der Waals surface area contributed by atoms with E-state index in [-0.39, 0.29) is 5.56 Å². The molecule has 1 rings (SSSR count). The van der Waals surface area contributed by atoms with Crippen LogP contribution in [0.15, 0.2) is 12.1 Å². The van der Waals surface area contributed by atoms with Crippen LogP contribution in [0.2, 0.25) is 0 Å². The van der Waals surface area contributed by atoms with Crippen molar-refractivity contribution < 1.29 is 29.7 Å². The van der Waals surface area contributed by atoms with Crippen LogP contribution in [0.1, 0.15) is 36.6 Å². The topological polar surface area (TPSA) is 112 Å². The highest BCUT2D eigenvalue weighted by Gasteiger charge is 2.24. The highest BCUT2D eigenvalue weighted by molar-refractivity contribution is 6.09. The third kappa shape index (κ3) is 2.00. The maximum Gasteiger partial charge on any atom is 0.337 e. The number of hydrogen-bond acceptors (Lipinski definition) is 3. The largest absolute Gasteiger partial charge is 0.478 e. The average Bonchev–Trinajstić information content (AvgIpc) is 2.15. The third-order valence-electron chi connectivity index (χ3n) is 1.87. The van der Waals surface area contributed by atoms with Crippen molar-refractivity contribution in [1.82, 2.24) is 0 Å². The Kier molecular flexibility index (Phi) is 2.94. The van der Waals surface area contributed by atoms with Crippen molar-refractivity contribution in [3.63, 3.8) is 0 Å². The molecule has 0 saturated carbocycles. The lowest BCUT2D eigenvalue weighted by molar-refractivity contribution is 0.0633. The molecule has 6 nitrogen and oxygen atoms in total. The molecule has 16 heavy (non-hydrogen) atoms. The van der Waals surface area contributed by atoms with Gasteiger partial charge in [0, 0.05) is 0 Å². The van der Waals surface area contributed by atoms with E-state index in [9.17, 15) is 14.4 Å². The first-order chi connectivity index (χ1) is 7.34. The van der Waals surface area contributed by atoms with Crippen molar-refractivity contribution in [2.45, 2.75) is 0 Å². The SMILES string of the molecule is [CH2]c1cc(C(=O)O)c(C(=O)O)c(C(=O)O)c1. The van der Waals surface area contributed by atoms with E-state index in [0.717, 1.165) is 12.1 Å². The second kappa shape index (κ2) is 4.01. The van der Waals surface area contributed by atoms with E-state index in [4.69, 9.17) is 15.3 Å². The second-order valence-corrected chi connectivity index (χ2v) is 2.98. The maximum atomic E-state index is 10.8. The molecular weight excluding hydrogens is 216 g/mol. The monoisotopic (exact) mass is 223 g/mol. The zero-order valence-electron chi connectivity index (χ0n) is 7.93. The van der Waals surface area contributed by atoms with Crippen molar-refractivity contribution in [2.24, 2.45) is 0 Å². The number of aromatic carboxylic acids is 3.